The van der Waals surface area contributed by atoms with Crippen molar-refractivity contribution in [3.8, 4) is 5.75 Å². The molecule has 2 amide bonds. The Morgan fingerprint density at radius 1 is 0.982 bits per heavy atom. The first-order chi connectivity index (χ1) is 27.4. The lowest BCUT2D eigenvalue weighted by molar-refractivity contribution is -0.137. The predicted octanol–water partition coefficient (Wildman–Crippen LogP) is 4.63. The minimum absolute atomic E-state index is 0.00924. The fourth-order valence-electron chi connectivity index (χ4n) is 6.92. The number of hydrogen-bond donors (Lipinski definition) is 1. The van der Waals surface area contributed by atoms with Crippen LogP contribution in [0.4, 0.5) is 30.5 Å². The number of amides is 2. The summed E-state index contributed by atoms with van der Waals surface area (Å²) in [6.45, 7) is 6.56. The Labute approximate surface area is 330 Å². The molecular weight excluding hydrogens is 769 g/mol. The van der Waals surface area contributed by atoms with Crippen LogP contribution in [0.25, 0.3) is 5.78 Å². The number of carbonyl (C=O) groups excluding carboxylic acids is 2. The highest BCUT2D eigenvalue weighted by Crippen LogP contribution is 2.34. The first-order valence-electron chi connectivity index (χ1n) is 18.5. The molecule has 2 aliphatic rings. The molecule has 5 aromatic rings. The second-order valence-electron chi connectivity index (χ2n) is 13.5. The van der Waals surface area contributed by atoms with Crippen LogP contribution < -0.4 is 25.4 Å². The van der Waals surface area contributed by atoms with Crippen LogP contribution in [0.2, 0.25) is 5.02 Å². The van der Waals surface area contributed by atoms with Crippen molar-refractivity contribution in [1.29, 1.82) is 0 Å². The number of alkyl halides is 3. The molecule has 0 saturated carbocycles. The maximum Gasteiger partial charge on any atom is 0.416 e. The molecule has 2 fully saturated rings. The van der Waals surface area contributed by atoms with E-state index in [2.05, 4.69) is 20.4 Å². The SMILES string of the molecule is CCc1c(N2CCN(C(=O)c3ncnc(C)c3OCc3ccccc3)CC2)c(=O)n2nc(N3CCCOCC3)nc2n1CC(=O)Nc1ccc(C(F)(F)F)cc1Cl. The molecule has 57 heavy (non-hydrogen) atoms. The van der Waals surface area contributed by atoms with Gasteiger partial charge >= 0.3 is 6.18 Å². The molecule has 5 heterocycles. The fourth-order valence-corrected chi connectivity index (χ4v) is 7.15. The van der Waals surface area contributed by atoms with E-state index >= 15 is 0 Å². The molecule has 0 atom stereocenters. The number of benzene rings is 2. The van der Waals surface area contributed by atoms with Crippen LogP contribution in [0, 0.1) is 6.92 Å². The Morgan fingerprint density at radius 2 is 1.75 bits per heavy atom. The van der Waals surface area contributed by atoms with E-state index in [1.54, 1.807) is 16.4 Å². The van der Waals surface area contributed by atoms with E-state index in [-0.39, 0.29) is 79.1 Å². The maximum atomic E-state index is 14.4. The van der Waals surface area contributed by atoms with E-state index in [0.29, 0.717) is 49.9 Å². The third-order valence-electron chi connectivity index (χ3n) is 9.82. The van der Waals surface area contributed by atoms with Crippen molar-refractivity contribution in [2.45, 2.75) is 46.0 Å². The van der Waals surface area contributed by atoms with Crippen LogP contribution in [0.1, 0.15) is 46.3 Å². The summed E-state index contributed by atoms with van der Waals surface area (Å²) >= 11 is 6.16. The first kappa shape index (κ1) is 39.5. The smallest absolute Gasteiger partial charge is 0.416 e. The van der Waals surface area contributed by atoms with Crippen molar-refractivity contribution in [1.82, 2.24) is 34.0 Å². The van der Waals surface area contributed by atoms with Gasteiger partial charge in [0.2, 0.25) is 17.6 Å². The second-order valence-corrected chi connectivity index (χ2v) is 14.0. The number of fused-ring (bicyclic) bond motifs is 1. The Kier molecular flexibility index (Phi) is 11.6. The van der Waals surface area contributed by atoms with Crippen LogP contribution in [0.5, 0.6) is 5.75 Å². The molecule has 0 radical (unpaired) electrons. The third kappa shape index (κ3) is 8.51. The lowest BCUT2D eigenvalue weighted by Gasteiger charge is -2.36. The number of hydrogen-bond acceptors (Lipinski definition) is 11. The molecule has 300 valence electrons. The molecule has 2 saturated heterocycles. The van der Waals surface area contributed by atoms with Crippen molar-refractivity contribution >= 4 is 46.5 Å². The van der Waals surface area contributed by atoms with E-state index < -0.39 is 23.2 Å². The van der Waals surface area contributed by atoms with E-state index in [4.69, 9.17) is 26.1 Å². The lowest BCUT2D eigenvalue weighted by atomic mass is 10.2. The molecule has 7 rings (SSSR count). The summed E-state index contributed by atoms with van der Waals surface area (Å²) in [7, 11) is 0. The van der Waals surface area contributed by atoms with Gasteiger partial charge < -0.3 is 34.1 Å². The van der Waals surface area contributed by atoms with Crippen molar-refractivity contribution in [2.24, 2.45) is 0 Å². The molecule has 3 aromatic heterocycles. The van der Waals surface area contributed by atoms with Crippen molar-refractivity contribution in [3.63, 3.8) is 0 Å². The van der Waals surface area contributed by atoms with Crippen LogP contribution in [0.15, 0.2) is 59.7 Å². The topological polar surface area (TPSA) is 152 Å². The maximum absolute atomic E-state index is 14.4. The van der Waals surface area contributed by atoms with Gasteiger partial charge in [0.05, 0.1) is 34.3 Å². The van der Waals surface area contributed by atoms with Gasteiger partial charge in [-0.15, -0.1) is 5.10 Å². The average Bonchev–Trinajstić information content (AvgIpc) is 3.47. The number of rotatable bonds is 10. The van der Waals surface area contributed by atoms with Crippen molar-refractivity contribution < 1.29 is 32.2 Å². The predicted molar refractivity (Wildman–Crippen MR) is 205 cm³/mol. The van der Waals surface area contributed by atoms with Gasteiger partial charge in [0.15, 0.2) is 11.4 Å². The summed E-state index contributed by atoms with van der Waals surface area (Å²) in [4.78, 5) is 60.6. The Bertz CT molecular complexity index is 2320. The molecule has 2 aliphatic heterocycles. The van der Waals surface area contributed by atoms with E-state index in [0.717, 1.165) is 30.2 Å². The van der Waals surface area contributed by atoms with E-state index in [1.165, 1.54) is 10.8 Å². The van der Waals surface area contributed by atoms with Crippen LogP contribution in [-0.2, 0) is 35.3 Å². The molecule has 19 heteroatoms. The molecule has 0 aliphatic carbocycles. The number of piperazine rings is 1. The minimum atomic E-state index is -4.61. The quantitative estimate of drug-likeness (QED) is 0.210. The van der Waals surface area contributed by atoms with Gasteiger partial charge in [0, 0.05) is 45.9 Å². The molecule has 0 spiro atoms. The van der Waals surface area contributed by atoms with Crippen LogP contribution in [0.3, 0.4) is 0 Å². The Balaban J connectivity index is 1.17. The summed E-state index contributed by atoms with van der Waals surface area (Å²) in [5, 5.41) is 6.93. The summed E-state index contributed by atoms with van der Waals surface area (Å²) in [5.74, 6) is -0.253. The standard InChI is InChI=1S/C38H40ClF3N10O5/c1-3-29-32(48-13-15-49(16-14-48)34(54)31-33(24(2)43-23-44-31)57-22-25-8-5-4-6-9-25)35(55)52-37(46-36(47-52)50-12-7-18-56-19-17-50)51(29)21-30(53)45-28-11-10-26(20-27(28)39)38(40,41)42/h4-6,8-11,20,23H,3,7,12-19,21-22H2,1-2H3,(H,45,53). The van der Waals surface area contributed by atoms with Gasteiger partial charge in [-0.2, -0.15) is 22.7 Å². The lowest BCUT2D eigenvalue weighted by Crippen LogP contribution is -2.51. The van der Waals surface area contributed by atoms with E-state index in [1.807, 2.05) is 47.1 Å². The van der Waals surface area contributed by atoms with Crippen molar-refractivity contribution in [2.75, 3.05) is 67.6 Å². The van der Waals surface area contributed by atoms with Gasteiger partial charge in [-0.1, -0.05) is 48.9 Å². The highest BCUT2D eigenvalue weighted by molar-refractivity contribution is 6.33. The van der Waals surface area contributed by atoms with Gasteiger partial charge in [-0.25, -0.2) is 9.97 Å². The zero-order chi connectivity index (χ0) is 40.3. The molecule has 15 nitrogen and oxygen atoms in total. The van der Waals surface area contributed by atoms with Crippen molar-refractivity contribution in [3.05, 3.63) is 98.4 Å². The number of nitrogens with one attached hydrogen (secondary N) is 1. The normalized spacial score (nSPS) is 15.2. The Morgan fingerprint density at radius 3 is 2.47 bits per heavy atom. The number of aromatic nitrogens is 6. The van der Waals surface area contributed by atoms with Crippen LogP contribution >= 0.6 is 11.6 Å². The van der Waals surface area contributed by atoms with Gasteiger partial charge in [0.25, 0.3) is 11.5 Å². The highest BCUT2D eigenvalue weighted by Gasteiger charge is 2.33. The van der Waals surface area contributed by atoms with Gasteiger partial charge in [-0.3, -0.25) is 14.4 Å². The average molecular weight is 809 g/mol. The summed E-state index contributed by atoms with van der Waals surface area (Å²) in [6, 6.07) is 12.2. The van der Waals surface area contributed by atoms with Gasteiger partial charge in [-0.05, 0) is 43.5 Å². The number of anilines is 3. The molecule has 2 aromatic carbocycles. The molecule has 0 unspecified atom stereocenters. The number of carbonyl (C=O) groups is 2. The summed E-state index contributed by atoms with van der Waals surface area (Å²) in [5.41, 5.74) is 0.947. The summed E-state index contributed by atoms with van der Waals surface area (Å²) < 4.78 is 54.3. The zero-order valence-electron chi connectivity index (χ0n) is 31.3. The Hall–Kier alpha value is -5.75. The third-order valence-corrected chi connectivity index (χ3v) is 10.1. The number of ether oxygens (including phenoxy) is 2. The molecule has 0 bridgehead atoms. The second kappa shape index (κ2) is 16.8. The number of halogens is 4. The highest BCUT2D eigenvalue weighted by atomic mass is 35.5. The number of aryl methyl sites for hydroxylation is 1. The minimum Gasteiger partial charge on any atom is -0.485 e. The molecular formula is C38H40ClF3N10O5. The van der Waals surface area contributed by atoms with Crippen LogP contribution in [-0.4, -0.2) is 98.3 Å². The summed E-state index contributed by atoms with van der Waals surface area (Å²) in [6.07, 6.45) is -2.26. The molecule has 1 N–H and O–H groups in total. The largest absolute Gasteiger partial charge is 0.485 e. The zero-order valence-corrected chi connectivity index (χ0v) is 32.0. The number of nitrogens with zero attached hydrogens (tertiary/aromatic N) is 9. The fraction of sp³-hybridized carbons (Fsp3) is 0.395. The van der Waals surface area contributed by atoms with E-state index in [9.17, 15) is 27.6 Å². The van der Waals surface area contributed by atoms with Gasteiger partial charge in [0.1, 0.15) is 25.2 Å². The first-order valence-corrected chi connectivity index (χ1v) is 18.8. The monoisotopic (exact) mass is 808 g/mol.